The molecule has 1 aliphatic rings. The van der Waals surface area contributed by atoms with Gasteiger partial charge >= 0.3 is 0 Å². The average Bonchev–Trinajstić information content (AvgIpc) is 2.38. The van der Waals surface area contributed by atoms with Gasteiger partial charge in [-0.05, 0) is 33.0 Å². The van der Waals surface area contributed by atoms with Crippen LogP contribution in [-0.2, 0) is 0 Å². The molecular formula is C15H34N4. The van der Waals surface area contributed by atoms with Crippen LogP contribution in [0, 0.1) is 5.41 Å². The van der Waals surface area contributed by atoms with Gasteiger partial charge in [-0.25, -0.2) is 0 Å². The summed E-state index contributed by atoms with van der Waals surface area (Å²) in [5, 5.41) is 3.35. The summed E-state index contributed by atoms with van der Waals surface area (Å²) in [5.41, 5.74) is 0.417. The maximum atomic E-state index is 3.35. The smallest absolute Gasteiger partial charge is 0.0110 e. The van der Waals surface area contributed by atoms with Gasteiger partial charge in [0.25, 0.3) is 0 Å². The van der Waals surface area contributed by atoms with Crippen molar-refractivity contribution in [3.63, 3.8) is 0 Å². The van der Waals surface area contributed by atoms with Gasteiger partial charge in [0, 0.05) is 52.4 Å². The highest BCUT2D eigenvalue weighted by molar-refractivity contribution is 4.82. The molecular weight excluding hydrogens is 236 g/mol. The molecule has 0 radical (unpaired) electrons. The van der Waals surface area contributed by atoms with Gasteiger partial charge in [-0.15, -0.1) is 0 Å². The third-order valence-electron chi connectivity index (χ3n) is 4.39. The first kappa shape index (κ1) is 16.9. The summed E-state index contributed by atoms with van der Waals surface area (Å²) >= 11 is 0. The number of nitrogens with zero attached hydrogens (tertiary/aromatic N) is 3. The van der Waals surface area contributed by atoms with Gasteiger partial charge in [-0.3, -0.25) is 4.90 Å². The molecule has 1 aliphatic heterocycles. The van der Waals surface area contributed by atoms with Crippen LogP contribution in [0.2, 0.25) is 0 Å². The topological polar surface area (TPSA) is 21.8 Å². The van der Waals surface area contributed by atoms with E-state index in [1.807, 2.05) is 0 Å². The predicted molar refractivity (Wildman–Crippen MR) is 83.8 cm³/mol. The Labute approximate surface area is 120 Å². The minimum atomic E-state index is 0.417. The minimum Gasteiger partial charge on any atom is -0.319 e. The first-order chi connectivity index (χ1) is 8.99. The molecule has 0 amide bonds. The van der Waals surface area contributed by atoms with Gasteiger partial charge in [-0.1, -0.05) is 13.8 Å². The van der Waals surface area contributed by atoms with Gasteiger partial charge in [0.15, 0.2) is 0 Å². The van der Waals surface area contributed by atoms with Crippen molar-refractivity contribution in [2.24, 2.45) is 5.41 Å². The van der Waals surface area contributed by atoms with Gasteiger partial charge in [0.05, 0.1) is 0 Å². The Morgan fingerprint density at radius 2 is 1.68 bits per heavy atom. The Bertz CT molecular complexity index is 236. The summed E-state index contributed by atoms with van der Waals surface area (Å²) in [6.07, 6.45) is 1.24. The molecule has 1 atom stereocenters. The fraction of sp³-hybridized carbons (Fsp3) is 1.00. The Kier molecular flexibility index (Phi) is 7.29. The lowest BCUT2D eigenvalue weighted by atomic mass is 9.86. The van der Waals surface area contributed by atoms with E-state index in [9.17, 15) is 0 Å². The van der Waals surface area contributed by atoms with Crippen molar-refractivity contribution in [1.82, 2.24) is 20.0 Å². The Balaban J connectivity index is 2.29. The van der Waals surface area contributed by atoms with E-state index < -0.39 is 0 Å². The number of piperazine rings is 1. The molecule has 114 valence electrons. The molecule has 4 nitrogen and oxygen atoms in total. The van der Waals surface area contributed by atoms with Crippen molar-refractivity contribution in [2.45, 2.75) is 20.3 Å². The molecule has 0 saturated carbocycles. The summed E-state index contributed by atoms with van der Waals surface area (Å²) in [6, 6.07) is 0. The quantitative estimate of drug-likeness (QED) is 0.704. The maximum absolute atomic E-state index is 3.35. The lowest BCUT2D eigenvalue weighted by Crippen LogP contribution is -2.51. The normalized spacial score (nSPS) is 21.8. The molecule has 0 bridgehead atoms. The third-order valence-corrected chi connectivity index (χ3v) is 4.39. The van der Waals surface area contributed by atoms with Gasteiger partial charge in [0.2, 0.25) is 0 Å². The number of nitrogens with one attached hydrogen (secondary N) is 1. The van der Waals surface area contributed by atoms with E-state index in [2.05, 4.69) is 55.0 Å². The van der Waals surface area contributed by atoms with Gasteiger partial charge < -0.3 is 15.1 Å². The third kappa shape index (κ3) is 6.21. The molecule has 0 aliphatic carbocycles. The lowest BCUT2D eigenvalue weighted by molar-refractivity contribution is 0.0856. The van der Waals surface area contributed by atoms with Crippen LogP contribution in [-0.4, -0.2) is 88.2 Å². The molecule has 1 N–H and O–H groups in total. The average molecular weight is 270 g/mol. The molecule has 1 saturated heterocycles. The summed E-state index contributed by atoms with van der Waals surface area (Å²) in [4.78, 5) is 7.51. The number of hydrogen-bond donors (Lipinski definition) is 1. The van der Waals surface area contributed by atoms with Crippen LogP contribution in [0.1, 0.15) is 20.3 Å². The van der Waals surface area contributed by atoms with Crippen molar-refractivity contribution >= 4 is 0 Å². The summed E-state index contributed by atoms with van der Waals surface area (Å²) < 4.78 is 0. The van der Waals surface area contributed by atoms with E-state index in [1.54, 1.807) is 0 Å². The van der Waals surface area contributed by atoms with Crippen molar-refractivity contribution in [2.75, 3.05) is 73.5 Å². The fourth-order valence-electron chi connectivity index (χ4n) is 2.77. The van der Waals surface area contributed by atoms with Crippen LogP contribution in [0.15, 0.2) is 0 Å². The second-order valence-corrected chi connectivity index (χ2v) is 6.62. The van der Waals surface area contributed by atoms with Crippen LogP contribution in [0.5, 0.6) is 0 Å². The van der Waals surface area contributed by atoms with Gasteiger partial charge in [0.1, 0.15) is 0 Å². The van der Waals surface area contributed by atoms with Crippen LogP contribution in [0.4, 0.5) is 0 Å². The highest BCUT2D eigenvalue weighted by atomic mass is 15.3. The lowest BCUT2D eigenvalue weighted by Gasteiger charge is -2.40. The van der Waals surface area contributed by atoms with Crippen molar-refractivity contribution in [3.05, 3.63) is 0 Å². The highest BCUT2D eigenvalue weighted by Crippen LogP contribution is 2.22. The van der Waals surface area contributed by atoms with E-state index in [4.69, 9.17) is 0 Å². The Morgan fingerprint density at radius 1 is 1.11 bits per heavy atom. The molecule has 0 aromatic heterocycles. The van der Waals surface area contributed by atoms with Crippen LogP contribution < -0.4 is 5.32 Å². The summed E-state index contributed by atoms with van der Waals surface area (Å²) in [6.45, 7) is 14.4. The SMILES string of the molecule is CCC(C)(CNC)CN1CCN(CCN(C)C)CC1. The predicted octanol–water partition coefficient (Wildman–Crippen LogP) is 0.801. The summed E-state index contributed by atoms with van der Waals surface area (Å²) in [5.74, 6) is 0. The van der Waals surface area contributed by atoms with E-state index >= 15 is 0 Å². The van der Waals surface area contributed by atoms with Crippen molar-refractivity contribution in [1.29, 1.82) is 0 Å². The zero-order chi connectivity index (χ0) is 14.3. The van der Waals surface area contributed by atoms with Crippen molar-refractivity contribution in [3.8, 4) is 0 Å². The summed E-state index contributed by atoms with van der Waals surface area (Å²) in [7, 11) is 6.37. The molecule has 0 spiro atoms. The van der Waals surface area contributed by atoms with E-state index in [-0.39, 0.29) is 0 Å². The van der Waals surface area contributed by atoms with Crippen LogP contribution >= 0.6 is 0 Å². The molecule has 1 rings (SSSR count). The Hall–Kier alpha value is -0.160. The Morgan fingerprint density at radius 3 is 2.16 bits per heavy atom. The molecule has 0 aromatic rings. The zero-order valence-electron chi connectivity index (χ0n) is 13.7. The molecule has 19 heavy (non-hydrogen) atoms. The molecule has 1 heterocycles. The number of rotatable bonds is 8. The molecule has 0 aromatic carbocycles. The standard InChI is InChI=1S/C15H34N4/c1-6-15(2,13-16-3)14-19-11-9-18(10-12-19)8-7-17(4)5/h16H,6-14H2,1-5H3. The minimum absolute atomic E-state index is 0.417. The molecule has 4 heteroatoms. The first-order valence-electron chi connectivity index (χ1n) is 7.73. The fourth-order valence-corrected chi connectivity index (χ4v) is 2.77. The number of likely N-dealkylation sites (N-methyl/N-ethyl adjacent to an activating group) is 1. The van der Waals surface area contributed by atoms with E-state index in [0.717, 1.165) is 6.54 Å². The number of hydrogen-bond acceptors (Lipinski definition) is 4. The molecule has 1 fully saturated rings. The maximum Gasteiger partial charge on any atom is 0.0110 e. The highest BCUT2D eigenvalue weighted by Gasteiger charge is 2.26. The first-order valence-corrected chi connectivity index (χ1v) is 7.73. The monoisotopic (exact) mass is 270 g/mol. The van der Waals surface area contributed by atoms with E-state index in [0.29, 0.717) is 5.41 Å². The zero-order valence-corrected chi connectivity index (χ0v) is 13.7. The van der Waals surface area contributed by atoms with E-state index in [1.165, 1.54) is 52.2 Å². The van der Waals surface area contributed by atoms with Crippen LogP contribution in [0.25, 0.3) is 0 Å². The van der Waals surface area contributed by atoms with Crippen molar-refractivity contribution < 1.29 is 0 Å². The van der Waals surface area contributed by atoms with Crippen LogP contribution in [0.3, 0.4) is 0 Å². The van der Waals surface area contributed by atoms with Gasteiger partial charge in [-0.2, -0.15) is 0 Å². The second-order valence-electron chi connectivity index (χ2n) is 6.62. The second kappa shape index (κ2) is 8.20. The largest absolute Gasteiger partial charge is 0.319 e. The molecule has 1 unspecified atom stereocenters.